The molecule has 0 amide bonds. The fourth-order valence-corrected chi connectivity index (χ4v) is 3.59. The molecule has 0 unspecified atom stereocenters. The summed E-state index contributed by atoms with van der Waals surface area (Å²) in [4.78, 5) is 22.9. The summed E-state index contributed by atoms with van der Waals surface area (Å²) in [5, 5.41) is 10.9. The van der Waals surface area contributed by atoms with E-state index < -0.39 is 10.9 Å². The van der Waals surface area contributed by atoms with Gasteiger partial charge in [-0.2, -0.15) is 0 Å². The molecule has 1 aliphatic rings. The van der Waals surface area contributed by atoms with Gasteiger partial charge >= 0.3 is 5.97 Å². The second-order valence-electron chi connectivity index (χ2n) is 5.31. The zero-order valence-electron chi connectivity index (χ0n) is 13.3. The van der Waals surface area contributed by atoms with Crippen LogP contribution in [0.3, 0.4) is 0 Å². The second-order valence-corrected chi connectivity index (χ2v) is 7.08. The molecule has 0 aliphatic carbocycles. The van der Waals surface area contributed by atoms with Gasteiger partial charge in [-0.15, -0.1) is 0 Å². The van der Waals surface area contributed by atoms with Gasteiger partial charge in [-0.05, 0) is 46.3 Å². The lowest BCUT2D eigenvalue weighted by Crippen LogP contribution is -2.10. The Kier molecular flexibility index (Phi) is 5.28. The molecule has 0 aromatic heterocycles. The van der Waals surface area contributed by atoms with Gasteiger partial charge in [0.15, 0.2) is 17.2 Å². The number of carbonyl (C=O) groups excluding carboxylic acids is 1. The van der Waals surface area contributed by atoms with Crippen molar-refractivity contribution in [1.82, 2.24) is 0 Å². The van der Waals surface area contributed by atoms with Crippen LogP contribution in [0.5, 0.6) is 17.2 Å². The fourth-order valence-electron chi connectivity index (χ4n) is 2.25. The van der Waals surface area contributed by atoms with Crippen molar-refractivity contribution in [3.05, 3.63) is 66.2 Å². The smallest absolute Gasteiger partial charge is 0.343 e. The van der Waals surface area contributed by atoms with Gasteiger partial charge in [0.25, 0.3) is 0 Å². The van der Waals surface area contributed by atoms with Crippen LogP contribution < -0.4 is 14.2 Å². The molecule has 1 aliphatic heterocycles. The van der Waals surface area contributed by atoms with E-state index in [-0.39, 0.29) is 23.8 Å². The Morgan fingerprint density at radius 1 is 1.23 bits per heavy atom. The van der Waals surface area contributed by atoms with E-state index in [1.54, 1.807) is 24.3 Å². The van der Waals surface area contributed by atoms with Crippen molar-refractivity contribution in [2.45, 2.75) is 6.92 Å². The zero-order valence-corrected chi connectivity index (χ0v) is 16.5. The summed E-state index contributed by atoms with van der Waals surface area (Å²) in [5.41, 5.74) is 0.565. The van der Waals surface area contributed by atoms with Gasteiger partial charge in [-0.3, -0.25) is 10.1 Å². The first kappa shape index (κ1) is 18.4. The van der Waals surface area contributed by atoms with Gasteiger partial charge in [0.1, 0.15) is 0 Å². The maximum absolute atomic E-state index is 12.5. The minimum atomic E-state index is -0.625. The number of nitro groups is 1. The fraction of sp³-hybridized carbons (Fsp3) is 0.118. The highest BCUT2D eigenvalue weighted by molar-refractivity contribution is 9.11. The molecular weight excluding hydrogens is 474 g/mol. The van der Waals surface area contributed by atoms with E-state index in [0.717, 1.165) is 0 Å². The first-order valence-electron chi connectivity index (χ1n) is 7.28. The molecule has 0 fully saturated rings. The maximum Gasteiger partial charge on any atom is 0.343 e. The van der Waals surface area contributed by atoms with E-state index in [9.17, 15) is 14.9 Å². The molecule has 26 heavy (non-hydrogen) atoms. The SMILES string of the molecule is C/C(=C\c1cc(Br)cc(Br)c1OC(=O)c1ccc2c(c1)OCO2)[N+](=O)[O-]. The average Bonchev–Trinajstić information content (AvgIpc) is 3.05. The van der Waals surface area contributed by atoms with E-state index in [4.69, 9.17) is 14.2 Å². The third kappa shape index (κ3) is 3.88. The lowest BCUT2D eigenvalue weighted by atomic mass is 10.1. The number of nitrogens with zero attached hydrogens (tertiary/aromatic N) is 1. The Balaban J connectivity index is 1.95. The summed E-state index contributed by atoms with van der Waals surface area (Å²) in [6, 6.07) is 8.00. The van der Waals surface area contributed by atoms with Crippen molar-refractivity contribution >= 4 is 43.9 Å². The summed E-state index contributed by atoms with van der Waals surface area (Å²) in [7, 11) is 0. The number of esters is 1. The lowest BCUT2D eigenvalue weighted by molar-refractivity contribution is -0.422. The minimum absolute atomic E-state index is 0.0876. The molecule has 0 spiro atoms. The molecule has 3 rings (SSSR count). The van der Waals surface area contributed by atoms with Crippen LogP contribution in [0.4, 0.5) is 0 Å². The molecule has 0 saturated carbocycles. The predicted octanol–water partition coefficient (Wildman–Crippen LogP) is 4.80. The summed E-state index contributed by atoms with van der Waals surface area (Å²) < 4.78 is 17.1. The maximum atomic E-state index is 12.5. The number of hydrogen-bond donors (Lipinski definition) is 0. The summed E-state index contributed by atoms with van der Waals surface area (Å²) in [5.74, 6) is 0.562. The first-order chi connectivity index (χ1) is 12.3. The molecule has 0 N–H and O–H groups in total. The van der Waals surface area contributed by atoms with E-state index in [1.807, 2.05) is 0 Å². The van der Waals surface area contributed by atoms with Crippen LogP contribution in [0.15, 0.2) is 45.0 Å². The Bertz CT molecular complexity index is 941. The number of allylic oxidation sites excluding steroid dienone is 1. The largest absolute Gasteiger partial charge is 0.454 e. The Morgan fingerprint density at radius 2 is 1.96 bits per heavy atom. The highest BCUT2D eigenvalue weighted by Gasteiger charge is 2.20. The Morgan fingerprint density at radius 3 is 2.69 bits per heavy atom. The molecule has 1 heterocycles. The number of carbonyl (C=O) groups is 1. The molecule has 2 aromatic rings. The van der Waals surface area contributed by atoms with Crippen molar-refractivity contribution in [2.75, 3.05) is 6.79 Å². The van der Waals surface area contributed by atoms with Gasteiger partial charge in [-0.25, -0.2) is 4.79 Å². The topological polar surface area (TPSA) is 87.9 Å². The molecule has 0 radical (unpaired) electrons. The molecule has 0 atom stereocenters. The van der Waals surface area contributed by atoms with Crippen molar-refractivity contribution in [3.63, 3.8) is 0 Å². The Hall–Kier alpha value is -2.39. The van der Waals surface area contributed by atoms with Crippen molar-refractivity contribution < 1.29 is 23.9 Å². The third-order valence-corrected chi connectivity index (χ3v) is 4.54. The second kappa shape index (κ2) is 7.46. The molecule has 2 aromatic carbocycles. The molecular formula is C17H11Br2NO6. The molecule has 134 valence electrons. The standard InChI is InChI=1S/C17H11Br2NO6/c1-9(20(22)23)4-11-5-12(18)7-13(19)16(11)26-17(21)10-2-3-14-15(6-10)25-8-24-14/h2-7H,8H2,1H3/b9-4+. The number of benzene rings is 2. The van der Waals surface area contributed by atoms with Gasteiger partial charge in [0, 0.05) is 23.0 Å². The monoisotopic (exact) mass is 483 g/mol. The van der Waals surface area contributed by atoms with Crippen LogP contribution in [0.25, 0.3) is 6.08 Å². The quantitative estimate of drug-likeness (QED) is 0.268. The van der Waals surface area contributed by atoms with Crippen LogP contribution in [0.2, 0.25) is 0 Å². The predicted molar refractivity (Wildman–Crippen MR) is 100 cm³/mol. The van der Waals surface area contributed by atoms with Crippen LogP contribution in [-0.2, 0) is 0 Å². The van der Waals surface area contributed by atoms with Crippen LogP contribution in [0.1, 0.15) is 22.8 Å². The molecule has 0 saturated heterocycles. The van der Waals surface area contributed by atoms with E-state index in [2.05, 4.69) is 31.9 Å². The van der Waals surface area contributed by atoms with E-state index in [1.165, 1.54) is 19.1 Å². The van der Waals surface area contributed by atoms with Crippen molar-refractivity contribution in [1.29, 1.82) is 0 Å². The van der Waals surface area contributed by atoms with Gasteiger partial charge in [-0.1, -0.05) is 15.9 Å². The van der Waals surface area contributed by atoms with E-state index in [0.29, 0.717) is 26.0 Å². The number of fused-ring (bicyclic) bond motifs is 1. The van der Waals surface area contributed by atoms with Crippen molar-refractivity contribution in [3.8, 4) is 17.2 Å². The summed E-state index contributed by atoms with van der Waals surface area (Å²) >= 11 is 6.64. The highest BCUT2D eigenvalue weighted by atomic mass is 79.9. The number of rotatable bonds is 4. The Labute approximate surface area is 165 Å². The number of halogens is 2. The lowest BCUT2D eigenvalue weighted by Gasteiger charge is -2.11. The molecule has 0 bridgehead atoms. The number of hydrogen-bond acceptors (Lipinski definition) is 6. The third-order valence-electron chi connectivity index (χ3n) is 3.49. The van der Waals surface area contributed by atoms with E-state index >= 15 is 0 Å². The molecule has 7 nitrogen and oxygen atoms in total. The summed E-state index contributed by atoms with van der Waals surface area (Å²) in [6.07, 6.45) is 1.33. The normalized spacial score (nSPS) is 12.8. The van der Waals surface area contributed by atoms with Crippen LogP contribution >= 0.6 is 31.9 Å². The van der Waals surface area contributed by atoms with Gasteiger partial charge in [0.2, 0.25) is 12.5 Å². The zero-order chi connectivity index (χ0) is 18.8. The minimum Gasteiger partial charge on any atom is -0.454 e. The molecule has 9 heteroatoms. The van der Waals surface area contributed by atoms with Gasteiger partial charge < -0.3 is 14.2 Å². The first-order valence-corrected chi connectivity index (χ1v) is 8.87. The average molecular weight is 485 g/mol. The van der Waals surface area contributed by atoms with Crippen LogP contribution in [-0.4, -0.2) is 17.7 Å². The highest BCUT2D eigenvalue weighted by Crippen LogP contribution is 2.36. The summed E-state index contributed by atoms with van der Waals surface area (Å²) in [6.45, 7) is 1.46. The van der Waals surface area contributed by atoms with Crippen LogP contribution in [0, 0.1) is 10.1 Å². The van der Waals surface area contributed by atoms with Crippen molar-refractivity contribution in [2.24, 2.45) is 0 Å². The number of ether oxygens (including phenoxy) is 3. The van der Waals surface area contributed by atoms with Gasteiger partial charge in [0.05, 0.1) is 15.0 Å².